The molecule has 2 aromatic heterocycles. The van der Waals surface area contributed by atoms with Crippen molar-refractivity contribution in [3.8, 4) is 16.3 Å². The van der Waals surface area contributed by atoms with Gasteiger partial charge in [-0.3, -0.25) is 14.9 Å². The third kappa shape index (κ3) is 3.62. The van der Waals surface area contributed by atoms with Gasteiger partial charge < -0.3 is 4.90 Å². The van der Waals surface area contributed by atoms with Crippen LogP contribution in [-0.2, 0) is 0 Å². The molecule has 3 aromatic rings. The van der Waals surface area contributed by atoms with E-state index in [1.54, 1.807) is 28.2 Å². The van der Waals surface area contributed by atoms with Crippen LogP contribution < -0.4 is 0 Å². The highest BCUT2D eigenvalue weighted by Gasteiger charge is 2.51. The molecule has 0 N–H and O–H groups in total. The lowest BCUT2D eigenvalue weighted by Gasteiger charge is -2.39. The second-order valence-electron chi connectivity index (χ2n) is 10.2. The largest absolute Gasteiger partial charge is 0.334 e. The minimum absolute atomic E-state index is 0.0274. The summed E-state index contributed by atoms with van der Waals surface area (Å²) in [7, 11) is 0. The molecule has 1 saturated carbocycles. The molecule has 1 aliphatic carbocycles. The number of nitro benzene ring substituents is 1. The Morgan fingerprint density at radius 2 is 2.00 bits per heavy atom. The molecule has 0 radical (unpaired) electrons. The lowest BCUT2D eigenvalue weighted by Crippen LogP contribution is -2.38. The van der Waals surface area contributed by atoms with E-state index in [0.29, 0.717) is 17.1 Å². The molecule has 32 heavy (non-hydrogen) atoms. The molecule has 1 aliphatic heterocycles. The Morgan fingerprint density at radius 1 is 1.19 bits per heavy atom. The van der Waals surface area contributed by atoms with Crippen molar-refractivity contribution in [3.05, 3.63) is 63.7 Å². The first-order valence-electron chi connectivity index (χ1n) is 10.8. The molecule has 5 rings (SSSR count). The summed E-state index contributed by atoms with van der Waals surface area (Å²) in [5.74, 6) is -0.0572. The maximum atomic E-state index is 13.9. The average molecular weight is 451 g/mol. The van der Waals surface area contributed by atoms with Crippen molar-refractivity contribution in [2.45, 2.75) is 46.1 Å². The van der Waals surface area contributed by atoms with Gasteiger partial charge in [0, 0.05) is 24.7 Å². The Bertz CT molecular complexity index is 1200. The predicted molar refractivity (Wildman–Crippen MR) is 124 cm³/mol. The van der Waals surface area contributed by atoms with E-state index >= 15 is 0 Å². The van der Waals surface area contributed by atoms with Crippen LogP contribution in [0.15, 0.2) is 47.8 Å². The number of thiophene rings is 1. The standard InChI is InChI=1S/C24H26N4O3S/c1-23(2)12-18-13-24(3,14-23)15-26(18)22(29)20-11-19(21-8-5-9-32-21)25-27(20)16-6-4-7-17(10-16)28(30)31/h4-11,18H,12-15H2,1-3H3. The fraction of sp³-hybridized carbons (Fsp3) is 0.417. The fourth-order valence-corrected chi connectivity index (χ4v) is 6.54. The molecule has 7 nitrogen and oxygen atoms in total. The number of nitro groups is 1. The Morgan fingerprint density at radius 3 is 2.72 bits per heavy atom. The van der Waals surface area contributed by atoms with Crippen LogP contribution >= 0.6 is 11.3 Å². The molecule has 1 amide bonds. The number of rotatable bonds is 4. The normalized spacial score (nSPS) is 24.0. The maximum Gasteiger partial charge on any atom is 0.272 e. The van der Waals surface area contributed by atoms with Crippen LogP contribution in [0.1, 0.15) is 50.5 Å². The quantitative estimate of drug-likeness (QED) is 0.385. The summed E-state index contributed by atoms with van der Waals surface area (Å²) in [6, 6.07) is 12.2. The van der Waals surface area contributed by atoms with E-state index in [0.717, 1.165) is 30.7 Å². The number of hydrogen-bond donors (Lipinski definition) is 0. The van der Waals surface area contributed by atoms with Crippen LogP contribution in [0.5, 0.6) is 0 Å². The van der Waals surface area contributed by atoms with Crippen molar-refractivity contribution >= 4 is 22.9 Å². The van der Waals surface area contributed by atoms with E-state index in [1.165, 1.54) is 12.1 Å². The number of nitrogens with zero attached hydrogens (tertiary/aromatic N) is 4. The van der Waals surface area contributed by atoms with Crippen molar-refractivity contribution < 1.29 is 9.72 Å². The van der Waals surface area contributed by atoms with Crippen molar-refractivity contribution in [2.24, 2.45) is 10.8 Å². The molecule has 2 atom stereocenters. The summed E-state index contributed by atoms with van der Waals surface area (Å²) in [6.07, 6.45) is 3.10. The first-order valence-corrected chi connectivity index (χ1v) is 11.7. The van der Waals surface area contributed by atoms with Gasteiger partial charge >= 0.3 is 0 Å². The number of carbonyl (C=O) groups excluding carboxylic acids is 1. The predicted octanol–water partition coefficient (Wildman–Crippen LogP) is 5.55. The zero-order chi connectivity index (χ0) is 22.7. The second kappa shape index (κ2) is 7.27. The zero-order valence-electron chi connectivity index (χ0n) is 18.4. The Labute approximate surface area is 190 Å². The van der Waals surface area contributed by atoms with Gasteiger partial charge in [-0.1, -0.05) is 32.9 Å². The Kier molecular flexibility index (Phi) is 4.74. The number of fused-ring (bicyclic) bond motifs is 2. The first kappa shape index (κ1) is 20.9. The van der Waals surface area contributed by atoms with Crippen LogP contribution in [0.3, 0.4) is 0 Å². The second-order valence-corrected chi connectivity index (χ2v) is 11.2. The summed E-state index contributed by atoms with van der Waals surface area (Å²) in [5, 5.41) is 18.0. The number of aromatic nitrogens is 2. The lowest BCUT2D eigenvalue weighted by atomic mass is 9.65. The number of carbonyl (C=O) groups is 1. The van der Waals surface area contributed by atoms with Gasteiger partial charge in [0.05, 0.1) is 15.5 Å². The summed E-state index contributed by atoms with van der Waals surface area (Å²) < 4.78 is 1.57. The van der Waals surface area contributed by atoms with Gasteiger partial charge in [-0.05, 0) is 53.7 Å². The number of amides is 1. The number of hydrogen-bond acceptors (Lipinski definition) is 5. The van der Waals surface area contributed by atoms with E-state index in [-0.39, 0.29) is 28.5 Å². The molecule has 1 aromatic carbocycles. The SMILES string of the molecule is CC1(C)CC2CC(C)(CN2C(=O)c2cc(-c3cccs3)nn2-c2cccc([N+](=O)[O-])c2)C1. The highest BCUT2D eigenvalue weighted by molar-refractivity contribution is 7.13. The summed E-state index contributed by atoms with van der Waals surface area (Å²) >= 11 is 1.55. The average Bonchev–Trinajstić information content (AvgIpc) is 3.44. The zero-order valence-corrected chi connectivity index (χ0v) is 19.3. The lowest BCUT2D eigenvalue weighted by molar-refractivity contribution is -0.384. The molecule has 1 saturated heterocycles. The van der Waals surface area contributed by atoms with Crippen molar-refractivity contribution in [1.29, 1.82) is 0 Å². The van der Waals surface area contributed by atoms with Gasteiger partial charge in [0.1, 0.15) is 11.4 Å². The third-order valence-electron chi connectivity index (χ3n) is 6.66. The van der Waals surface area contributed by atoms with Crippen LogP contribution in [0, 0.1) is 20.9 Å². The van der Waals surface area contributed by atoms with Crippen LogP contribution in [0.4, 0.5) is 5.69 Å². The number of non-ortho nitro benzene ring substituents is 1. The first-order chi connectivity index (χ1) is 15.1. The van der Waals surface area contributed by atoms with Crippen LogP contribution in [0.25, 0.3) is 16.3 Å². The molecule has 3 heterocycles. The van der Waals surface area contributed by atoms with Gasteiger partial charge in [0.2, 0.25) is 0 Å². The highest BCUT2D eigenvalue weighted by Crippen LogP contribution is 2.52. The fourth-order valence-electron chi connectivity index (χ4n) is 5.86. The van der Waals surface area contributed by atoms with Gasteiger partial charge in [0.15, 0.2) is 0 Å². The molecular weight excluding hydrogens is 424 g/mol. The molecule has 2 aliphatic rings. The van der Waals surface area contributed by atoms with Crippen molar-refractivity contribution in [3.63, 3.8) is 0 Å². The van der Waals surface area contributed by atoms with Crippen molar-refractivity contribution in [2.75, 3.05) is 6.54 Å². The molecule has 2 bridgehead atoms. The Hall–Kier alpha value is -3.00. The van der Waals surface area contributed by atoms with Crippen molar-refractivity contribution in [1.82, 2.24) is 14.7 Å². The Balaban J connectivity index is 1.58. The minimum atomic E-state index is -0.429. The van der Waals surface area contributed by atoms with Gasteiger partial charge in [-0.15, -0.1) is 11.3 Å². The van der Waals surface area contributed by atoms with E-state index in [4.69, 9.17) is 5.10 Å². The van der Waals surface area contributed by atoms with Gasteiger partial charge in [0.25, 0.3) is 11.6 Å². The van der Waals surface area contributed by atoms with Crippen LogP contribution in [0.2, 0.25) is 0 Å². The monoisotopic (exact) mass is 450 g/mol. The number of benzene rings is 1. The number of likely N-dealkylation sites (tertiary alicyclic amines) is 1. The summed E-state index contributed by atoms with van der Waals surface area (Å²) in [4.78, 5) is 27.7. The molecule has 2 unspecified atom stereocenters. The summed E-state index contributed by atoms with van der Waals surface area (Å²) in [6.45, 7) is 7.58. The van der Waals surface area contributed by atoms with E-state index in [2.05, 4.69) is 20.8 Å². The highest BCUT2D eigenvalue weighted by atomic mass is 32.1. The molecule has 8 heteroatoms. The van der Waals surface area contributed by atoms with E-state index in [1.807, 2.05) is 28.5 Å². The molecule has 0 spiro atoms. The van der Waals surface area contributed by atoms with Crippen LogP contribution in [-0.4, -0.2) is 38.1 Å². The smallest absolute Gasteiger partial charge is 0.272 e. The third-order valence-corrected chi connectivity index (χ3v) is 7.56. The molecule has 166 valence electrons. The van der Waals surface area contributed by atoms with E-state index < -0.39 is 4.92 Å². The molecule has 2 fully saturated rings. The molecular formula is C24H26N4O3S. The van der Waals surface area contributed by atoms with Gasteiger partial charge in [-0.2, -0.15) is 5.10 Å². The topological polar surface area (TPSA) is 81.3 Å². The van der Waals surface area contributed by atoms with Gasteiger partial charge in [-0.25, -0.2) is 4.68 Å². The van der Waals surface area contributed by atoms with E-state index in [9.17, 15) is 14.9 Å². The maximum absolute atomic E-state index is 13.9. The summed E-state index contributed by atoms with van der Waals surface area (Å²) in [5.41, 5.74) is 1.95. The minimum Gasteiger partial charge on any atom is -0.334 e.